The minimum atomic E-state index is -3.73. The van der Waals surface area contributed by atoms with E-state index in [9.17, 15) is 18.3 Å². The molecule has 6 nitrogen and oxygen atoms in total. The SMILES string of the molecule is NS(=O)(=O)c1ccc(CC(=O)Nc2cccc(O)c2)cc1. The van der Waals surface area contributed by atoms with Gasteiger partial charge in [-0.3, -0.25) is 4.79 Å². The first-order chi connectivity index (χ1) is 9.84. The van der Waals surface area contributed by atoms with Crippen molar-refractivity contribution in [3.05, 3.63) is 54.1 Å². The Bertz CT molecular complexity index is 755. The van der Waals surface area contributed by atoms with Crippen LogP contribution >= 0.6 is 0 Å². The number of phenols is 1. The number of carbonyl (C=O) groups excluding carboxylic acids is 1. The standard InChI is InChI=1S/C14H14N2O4S/c15-21(19,20)13-6-4-10(5-7-13)8-14(18)16-11-2-1-3-12(17)9-11/h1-7,9,17H,8H2,(H,16,18)(H2,15,19,20). The molecule has 0 atom stereocenters. The fourth-order valence-electron chi connectivity index (χ4n) is 1.77. The van der Waals surface area contributed by atoms with Crippen LogP contribution in [0.25, 0.3) is 0 Å². The number of nitrogens with two attached hydrogens (primary N) is 1. The number of carbonyl (C=O) groups is 1. The molecule has 0 saturated heterocycles. The lowest BCUT2D eigenvalue weighted by atomic mass is 10.1. The molecule has 110 valence electrons. The van der Waals surface area contributed by atoms with Gasteiger partial charge in [0.15, 0.2) is 0 Å². The summed E-state index contributed by atoms with van der Waals surface area (Å²) < 4.78 is 22.2. The summed E-state index contributed by atoms with van der Waals surface area (Å²) in [6.07, 6.45) is 0.0839. The number of anilines is 1. The largest absolute Gasteiger partial charge is 0.508 e. The maximum Gasteiger partial charge on any atom is 0.238 e. The molecule has 0 aliphatic carbocycles. The highest BCUT2D eigenvalue weighted by molar-refractivity contribution is 7.89. The van der Waals surface area contributed by atoms with E-state index in [-0.39, 0.29) is 23.0 Å². The van der Waals surface area contributed by atoms with E-state index in [0.717, 1.165) is 0 Å². The summed E-state index contributed by atoms with van der Waals surface area (Å²) >= 11 is 0. The van der Waals surface area contributed by atoms with E-state index in [1.165, 1.54) is 36.4 Å². The monoisotopic (exact) mass is 306 g/mol. The van der Waals surface area contributed by atoms with E-state index in [2.05, 4.69) is 5.32 Å². The van der Waals surface area contributed by atoms with Gasteiger partial charge in [-0.05, 0) is 29.8 Å². The van der Waals surface area contributed by atoms with Crippen molar-refractivity contribution in [2.45, 2.75) is 11.3 Å². The van der Waals surface area contributed by atoms with Crippen molar-refractivity contribution in [2.24, 2.45) is 5.14 Å². The molecule has 7 heteroatoms. The van der Waals surface area contributed by atoms with Crippen molar-refractivity contribution in [3.8, 4) is 5.75 Å². The van der Waals surface area contributed by atoms with Crippen molar-refractivity contribution in [2.75, 3.05) is 5.32 Å². The van der Waals surface area contributed by atoms with Gasteiger partial charge in [-0.15, -0.1) is 0 Å². The van der Waals surface area contributed by atoms with Crippen LogP contribution in [0.4, 0.5) is 5.69 Å². The summed E-state index contributed by atoms with van der Waals surface area (Å²) in [7, 11) is -3.73. The first-order valence-electron chi connectivity index (χ1n) is 6.05. The molecule has 2 aromatic rings. The number of rotatable bonds is 4. The molecule has 0 radical (unpaired) electrons. The number of amides is 1. The van der Waals surface area contributed by atoms with Crippen LogP contribution in [0.2, 0.25) is 0 Å². The quantitative estimate of drug-likeness (QED) is 0.789. The van der Waals surface area contributed by atoms with E-state index in [1.54, 1.807) is 12.1 Å². The Kier molecular flexibility index (Phi) is 4.25. The molecule has 0 saturated carbocycles. The molecule has 2 aromatic carbocycles. The Morgan fingerprint density at radius 2 is 1.81 bits per heavy atom. The molecule has 0 bridgehead atoms. The summed E-state index contributed by atoms with van der Waals surface area (Å²) in [6, 6.07) is 12.0. The Balaban J connectivity index is 2.03. The van der Waals surface area contributed by atoms with Gasteiger partial charge in [0.2, 0.25) is 15.9 Å². The number of nitrogens with one attached hydrogen (secondary N) is 1. The van der Waals surface area contributed by atoms with Gasteiger partial charge in [-0.1, -0.05) is 18.2 Å². The number of hydrogen-bond donors (Lipinski definition) is 3. The number of hydrogen-bond acceptors (Lipinski definition) is 4. The summed E-state index contributed by atoms with van der Waals surface area (Å²) in [5, 5.41) is 16.9. The smallest absolute Gasteiger partial charge is 0.238 e. The Morgan fingerprint density at radius 1 is 1.14 bits per heavy atom. The second-order valence-electron chi connectivity index (χ2n) is 4.46. The molecule has 1 amide bonds. The molecule has 0 spiro atoms. The van der Waals surface area contributed by atoms with Gasteiger partial charge in [0, 0.05) is 11.8 Å². The zero-order chi connectivity index (χ0) is 15.5. The van der Waals surface area contributed by atoms with E-state index in [0.29, 0.717) is 11.3 Å². The van der Waals surface area contributed by atoms with E-state index in [1.807, 2.05) is 0 Å². The van der Waals surface area contributed by atoms with Gasteiger partial charge >= 0.3 is 0 Å². The van der Waals surface area contributed by atoms with Gasteiger partial charge in [0.25, 0.3) is 0 Å². The molecular formula is C14H14N2O4S. The van der Waals surface area contributed by atoms with Crippen LogP contribution in [0.3, 0.4) is 0 Å². The summed E-state index contributed by atoms with van der Waals surface area (Å²) in [4.78, 5) is 11.8. The number of phenolic OH excluding ortho intramolecular Hbond substituents is 1. The van der Waals surface area contributed by atoms with Crippen LogP contribution < -0.4 is 10.5 Å². The fraction of sp³-hybridized carbons (Fsp3) is 0.0714. The van der Waals surface area contributed by atoms with Crippen molar-refractivity contribution in [1.29, 1.82) is 0 Å². The molecule has 0 aromatic heterocycles. The van der Waals surface area contributed by atoms with Crippen LogP contribution in [0.1, 0.15) is 5.56 Å². The Hall–Kier alpha value is -2.38. The van der Waals surface area contributed by atoms with Gasteiger partial charge in [0.05, 0.1) is 11.3 Å². The second-order valence-corrected chi connectivity index (χ2v) is 6.03. The molecule has 0 heterocycles. The van der Waals surface area contributed by atoms with Crippen molar-refractivity contribution in [3.63, 3.8) is 0 Å². The van der Waals surface area contributed by atoms with E-state index < -0.39 is 10.0 Å². The highest BCUT2D eigenvalue weighted by Gasteiger charge is 2.09. The first-order valence-corrected chi connectivity index (χ1v) is 7.60. The maximum absolute atomic E-state index is 11.8. The zero-order valence-corrected chi connectivity index (χ0v) is 11.8. The summed E-state index contributed by atoms with van der Waals surface area (Å²) in [6.45, 7) is 0. The topological polar surface area (TPSA) is 109 Å². The maximum atomic E-state index is 11.8. The summed E-state index contributed by atoms with van der Waals surface area (Å²) in [5.74, 6) is -0.214. The average molecular weight is 306 g/mol. The van der Waals surface area contributed by atoms with Gasteiger partial charge in [-0.2, -0.15) is 0 Å². The summed E-state index contributed by atoms with van der Waals surface area (Å²) in [5.41, 5.74) is 1.14. The van der Waals surface area contributed by atoms with E-state index >= 15 is 0 Å². The fourth-order valence-corrected chi connectivity index (χ4v) is 2.29. The highest BCUT2D eigenvalue weighted by Crippen LogP contribution is 2.16. The van der Waals surface area contributed by atoms with Crippen LogP contribution in [0.15, 0.2) is 53.4 Å². The number of sulfonamides is 1. The first kappa shape index (κ1) is 15.0. The Morgan fingerprint density at radius 3 is 2.38 bits per heavy atom. The Labute approximate surface area is 122 Å². The minimum Gasteiger partial charge on any atom is -0.508 e. The molecule has 0 aliphatic rings. The second kappa shape index (κ2) is 5.94. The van der Waals surface area contributed by atoms with Gasteiger partial charge in [-0.25, -0.2) is 13.6 Å². The molecule has 0 fully saturated rings. The molecule has 0 unspecified atom stereocenters. The van der Waals surface area contributed by atoms with Crippen LogP contribution in [0, 0.1) is 0 Å². The lowest BCUT2D eigenvalue weighted by Gasteiger charge is -2.06. The normalized spacial score (nSPS) is 11.1. The van der Waals surface area contributed by atoms with Crippen molar-refractivity contribution in [1.82, 2.24) is 0 Å². The predicted octanol–water partition coefficient (Wildman–Crippen LogP) is 1.22. The third-order valence-electron chi connectivity index (χ3n) is 2.75. The lowest BCUT2D eigenvalue weighted by molar-refractivity contribution is -0.115. The van der Waals surface area contributed by atoms with Gasteiger partial charge in [0.1, 0.15) is 5.75 Å². The zero-order valence-electron chi connectivity index (χ0n) is 11.0. The van der Waals surface area contributed by atoms with E-state index in [4.69, 9.17) is 5.14 Å². The molecule has 0 aliphatic heterocycles. The van der Waals surface area contributed by atoms with Crippen molar-refractivity contribution < 1.29 is 18.3 Å². The van der Waals surface area contributed by atoms with Crippen molar-refractivity contribution >= 4 is 21.6 Å². The third-order valence-corrected chi connectivity index (χ3v) is 3.68. The molecular weight excluding hydrogens is 292 g/mol. The minimum absolute atomic E-state index is 0.000333. The number of benzene rings is 2. The number of primary sulfonamides is 1. The average Bonchev–Trinajstić information content (AvgIpc) is 2.38. The van der Waals surface area contributed by atoms with Gasteiger partial charge < -0.3 is 10.4 Å². The van der Waals surface area contributed by atoms with Crippen LogP contribution in [0.5, 0.6) is 5.75 Å². The number of aromatic hydroxyl groups is 1. The predicted molar refractivity (Wildman–Crippen MR) is 78.3 cm³/mol. The lowest BCUT2D eigenvalue weighted by Crippen LogP contribution is -2.15. The molecule has 2 rings (SSSR count). The van der Waals surface area contributed by atoms with Crippen LogP contribution in [-0.4, -0.2) is 19.4 Å². The van der Waals surface area contributed by atoms with Crippen LogP contribution in [-0.2, 0) is 21.2 Å². The highest BCUT2D eigenvalue weighted by atomic mass is 32.2. The molecule has 21 heavy (non-hydrogen) atoms. The third kappa shape index (κ3) is 4.30. The molecule has 4 N–H and O–H groups in total.